The molecule has 1 amide bonds. The van der Waals surface area contributed by atoms with Gasteiger partial charge in [-0.25, -0.2) is 0 Å². The van der Waals surface area contributed by atoms with Gasteiger partial charge in [0.15, 0.2) is 5.96 Å². The van der Waals surface area contributed by atoms with E-state index in [0.717, 1.165) is 50.8 Å². The van der Waals surface area contributed by atoms with Crippen molar-refractivity contribution in [2.75, 3.05) is 46.3 Å². The lowest BCUT2D eigenvalue weighted by Crippen LogP contribution is -2.48. The first-order chi connectivity index (χ1) is 13.5. The predicted octanol–water partition coefficient (Wildman–Crippen LogP) is 2.31. The van der Waals surface area contributed by atoms with Crippen molar-refractivity contribution in [2.45, 2.75) is 64.8 Å². The smallest absolute Gasteiger partial charge is 0.225 e. The van der Waals surface area contributed by atoms with Gasteiger partial charge in [0, 0.05) is 51.7 Å². The molecule has 0 aromatic heterocycles. The zero-order chi connectivity index (χ0) is 19.9. The molecule has 0 spiro atoms. The quantitative estimate of drug-likeness (QED) is 0.539. The predicted molar refractivity (Wildman–Crippen MR) is 115 cm³/mol. The first-order valence-electron chi connectivity index (χ1n) is 11.5. The summed E-state index contributed by atoms with van der Waals surface area (Å²) in [6.07, 6.45) is 8.23. The summed E-state index contributed by atoms with van der Waals surface area (Å²) in [7, 11) is 1.84. The van der Waals surface area contributed by atoms with Gasteiger partial charge in [-0.3, -0.25) is 9.79 Å². The number of hydrogen-bond acceptors (Lipinski definition) is 3. The number of hydrogen-bond donors (Lipinski definition) is 2. The molecule has 3 aliphatic rings. The normalized spacial score (nSPS) is 27.6. The summed E-state index contributed by atoms with van der Waals surface area (Å²) in [5.74, 6) is 2.99. The van der Waals surface area contributed by atoms with E-state index in [0.29, 0.717) is 17.9 Å². The van der Waals surface area contributed by atoms with Gasteiger partial charge in [0.1, 0.15) is 0 Å². The molecule has 2 saturated heterocycles. The molecule has 6 nitrogen and oxygen atoms in total. The molecule has 0 aromatic carbocycles. The van der Waals surface area contributed by atoms with E-state index in [2.05, 4.69) is 39.3 Å². The van der Waals surface area contributed by atoms with Crippen LogP contribution in [0.4, 0.5) is 0 Å². The summed E-state index contributed by atoms with van der Waals surface area (Å²) in [4.78, 5) is 21.8. The second-order valence-corrected chi connectivity index (χ2v) is 9.51. The molecule has 0 aromatic rings. The number of piperidine rings is 1. The maximum Gasteiger partial charge on any atom is 0.225 e. The van der Waals surface area contributed by atoms with Crippen LogP contribution in [0.15, 0.2) is 4.99 Å². The number of carbonyl (C=O) groups is 1. The van der Waals surface area contributed by atoms with Crippen molar-refractivity contribution < 1.29 is 4.79 Å². The maximum atomic E-state index is 12.6. The summed E-state index contributed by atoms with van der Waals surface area (Å²) in [5, 5.41) is 7.10. The summed E-state index contributed by atoms with van der Waals surface area (Å²) in [6, 6.07) is 0.320. The van der Waals surface area contributed by atoms with Gasteiger partial charge in [-0.1, -0.05) is 26.7 Å². The summed E-state index contributed by atoms with van der Waals surface area (Å²) >= 11 is 0. The van der Waals surface area contributed by atoms with E-state index >= 15 is 0 Å². The van der Waals surface area contributed by atoms with Crippen LogP contribution in [0.3, 0.4) is 0 Å². The highest BCUT2D eigenvalue weighted by molar-refractivity contribution is 5.81. The fourth-order valence-electron chi connectivity index (χ4n) is 5.14. The molecule has 1 saturated carbocycles. The molecule has 2 aliphatic heterocycles. The zero-order valence-corrected chi connectivity index (χ0v) is 18.3. The molecule has 6 heteroatoms. The molecule has 1 aliphatic carbocycles. The lowest BCUT2D eigenvalue weighted by molar-refractivity contribution is -0.134. The summed E-state index contributed by atoms with van der Waals surface area (Å²) < 4.78 is 0. The Balaban J connectivity index is 1.39. The number of aliphatic imine (C=N–C) groups is 1. The third kappa shape index (κ3) is 6.10. The lowest BCUT2D eigenvalue weighted by atomic mass is 9.97. The summed E-state index contributed by atoms with van der Waals surface area (Å²) in [6.45, 7) is 10.9. The zero-order valence-electron chi connectivity index (χ0n) is 18.3. The number of likely N-dealkylation sites (tertiary alicyclic amines) is 2. The highest BCUT2D eigenvalue weighted by atomic mass is 16.2. The molecule has 28 heavy (non-hydrogen) atoms. The Labute approximate surface area is 171 Å². The first-order valence-corrected chi connectivity index (χ1v) is 11.5. The van der Waals surface area contributed by atoms with E-state index in [1.165, 1.54) is 45.3 Å². The monoisotopic (exact) mass is 391 g/mol. The van der Waals surface area contributed by atoms with Gasteiger partial charge in [0.2, 0.25) is 5.91 Å². The van der Waals surface area contributed by atoms with Gasteiger partial charge in [0.05, 0.1) is 0 Å². The maximum absolute atomic E-state index is 12.6. The van der Waals surface area contributed by atoms with Crippen LogP contribution in [-0.2, 0) is 4.79 Å². The van der Waals surface area contributed by atoms with E-state index in [1.54, 1.807) is 0 Å². The largest absolute Gasteiger partial charge is 0.356 e. The fourth-order valence-corrected chi connectivity index (χ4v) is 5.14. The number of nitrogens with zero attached hydrogens (tertiary/aromatic N) is 3. The van der Waals surface area contributed by atoms with Crippen molar-refractivity contribution in [1.29, 1.82) is 0 Å². The molecule has 2 atom stereocenters. The standard InChI is InChI=1S/C22H41N5O/c1-17(2)14-26-11-6-7-18(15-26)13-24-22(23-3)25-20-10-12-27(16-20)21(28)19-8-4-5-9-19/h17-20H,4-16H2,1-3H3,(H2,23,24,25). The van der Waals surface area contributed by atoms with E-state index < -0.39 is 0 Å². The number of rotatable bonds is 6. The van der Waals surface area contributed by atoms with Crippen LogP contribution in [-0.4, -0.2) is 74.0 Å². The Morgan fingerprint density at radius 1 is 1.07 bits per heavy atom. The van der Waals surface area contributed by atoms with Crippen LogP contribution in [0, 0.1) is 17.8 Å². The van der Waals surface area contributed by atoms with Gasteiger partial charge < -0.3 is 20.4 Å². The van der Waals surface area contributed by atoms with Crippen LogP contribution < -0.4 is 10.6 Å². The fraction of sp³-hybridized carbons (Fsp3) is 0.909. The van der Waals surface area contributed by atoms with Crippen LogP contribution in [0.5, 0.6) is 0 Å². The van der Waals surface area contributed by atoms with Crippen molar-refractivity contribution in [2.24, 2.45) is 22.7 Å². The molecule has 3 fully saturated rings. The van der Waals surface area contributed by atoms with Crippen LogP contribution >= 0.6 is 0 Å². The number of amides is 1. The van der Waals surface area contributed by atoms with E-state index in [1.807, 2.05) is 7.05 Å². The highest BCUT2D eigenvalue weighted by Gasteiger charge is 2.32. The van der Waals surface area contributed by atoms with Gasteiger partial charge >= 0.3 is 0 Å². The second-order valence-electron chi connectivity index (χ2n) is 9.51. The average molecular weight is 392 g/mol. The molecule has 2 N–H and O–H groups in total. The van der Waals surface area contributed by atoms with Gasteiger partial charge in [-0.15, -0.1) is 0 Å². The van der Waals surface area contributed by atoms with Crippen molar-refractivity contribution >= 4 is 11.9 Å². The van der Waals surface area contributed by atoms with Gasteiger partial charge in [-0.05, 0) is 50.5 Å². The van der Waals surface area contributed by atoms with Crippen LogP contribution in [0.1, 0.15) is 58.8 Å². The topological polar surface area (TPSA) is 60.0 Å². The lowest BCUT2D eigenvalue weighted by Gasteiger charge is -2.34. The third-order valence-corrected chi connectivity index (χ3v) is 6.55. The van der Waals surface area contributed by atoms with E-state index in [4.69, 9.17) is 0 Å². The second kappa shape index (κ2) is 10.5. The number of guanidine groups is 1. The van der Waals surface area contributed by atoms with Crippen LogP contribution in [0.2, 0.25) is 0 Å². The molecule has 2 unspecified atom stereocenters. The van der Waals surface area contributed by atoms with Crippen LogP contribution in [0.25, 0.3) is 0 Å². The Bertz CT molecular complexity index is 529. The number of nitrogens with one attached hydrogen (secondary N) is 2. The minimum absolute atomic E-state index is 0.288. The van der Waals surface area contributed by atoms with E-state index in [-0.39, 0.29) is 5.92 Å². The number of carbonyl (C=O) groups excluding carboxylic acids is 1. The van der Waals surface area contributed by atoms with Crippen molar-refractivity contribution in [3.63, 3.8) is 0 Å². The minimum atomic E-state index is 0.288. The Kier molecular flexibility index (Phi) is 8.00. The SMILES string of the molecule is CN=C(NCC1CCCN(CC(C)C)C1)NC1CCN(C(=O)C2CCCC2)C1. The van der Waals surface area contributed by atoms with E-state index in [9.17, 15) is 4.79 Å². The highest BCUT2D eigenvalue weighted by Crippen LogP contribution is 2.27. The van der Waals surface area contributed by atoms with Gasteiger partial charge in [-0.2, -0.15) is 0 Å². The van der Waals surface area contributed by atoms with Crippen molar-refractivity contribution in [3.8, 4) is 0 Å². The molecule has 0 radical (unpaired) electrons. The molecule has 3 rings (SSSR count). The molecule has 0 bridgehead atoms. The third-order valence-electron chi connectivity index (χ3n) is 6.55. The average Bonchev–Trinajstić information content (AvgIpc) is 3.36. The first kappa shape index (κ1) is 21.4. The molecule has 2 heterocycles. The Hall–Kier alpha value is -1.30. The minimum Gasteiger partial charge on any atom is -0.356 e. The Morgan fingerprint density at radius 3 is 2.57 bits per heavy atom. The Morgan fingerprint density at radius 2 is 1.86 bits per heavy atom. The van der Waals surface area contributed by atoms with Crippen molar-refractivity contribution in [3.05, 3.63) is 0 Å². The summed E-state index contributed by atoms with van der Waals surface area (Å²) in [5.41, 5.74) is 0. The van der Waals surface area contributed by atoms with Gasteiger partial charge in [0.25, 0.3) is 0 Å². The van der Waals surface area contributed by atoms with Crippen molar-refractivity contribution in [1.82, 2.24) is 20.4 Å². The molecule has 160 valence electrons. The molecular formula is C22H41N5O. The molecular weight excluding hydrogens is 350 g/mol.